The minimum absolute atomic E-state index is 0.122. The number of carbonyl (C=O) groups excluding carboxylic acids is 1. The number of hydrogen-bond acceptors (Lipinski definition) is 4. The number of rotatable bonds is 8. The quantitative estimate of drug-likeness (QED) is 0.684. The molecule has 0 aliphatic carbocycles. The Labute approximate surface area is 144 Å². The fourth-order valence-corrected chi connectivity index (χ4v) is 3.59. The molecule has 2 heterocycles. The van der Waals surface area contributed by atoms with Gasteiger partial charge in [-0.15, -0.1) is 0 Å². The van der Waals surface area contributed by atoms with E-state index < -0.39 is 0 Å². The van der Waals surface area contributed by atoms with Gasteiger partial charge in [0.2, 0.25) is 5.91 Å². The lowest BCUT2D eigenvalue weighted by Gasteiger charge is -2.28. The molecule has 24 heavy (non-hydrogen) atoms. The Balaban J connectivity index is 1.33. The molecule has 2 aliphatic heterocycles. The van der Waals surface area contributed by atoms with Crippen LogP contribution in [-0.2, 0) is 9.53 Å². The summed E-state index contributed by atoms with van der Waals surface area (Å²) in [6.45, 7) is 5.34. The van der Waals surface area contributed by atoms with E-state index in [0.717, 1.165) is 31.7 Å². The van der Waals surface area contributed by atoms with Gasteiger partial charge < -0.3 is 19.3 Å². The summed E-state index contributed by atoms with van der Waals surface area (Å²) in [4.78, 5) is 16.9. The van der Waals surface area contributed by atoms with E-state index in [-0.39, 0.29) is 12.5 Å². The van der Waals surface area contributed by atoms with Crippen LogP contribution in [0.25, 0.3) is 0 Å². The molecule has 0 N–H and O–H groups in total. The Bertz CT molecular complexity index is 503. The molecule has 0 spiro atoms. The van der Waals surface area contributed by atoms with Crippen molar-refractivity contribution >= 4 is 5.91 Å². The van der Waals surface area contributed by atoms with Gasteiger partial charge in [-0.3, -0.25) is 4.79 Å². The molecule has 1 aromatic rings. The Morgan fingerprint density at radius 2 is 1.83 bits per heavy atom. The molecular formula is C19H28N2O3. The molecular weight excluding hydrogens is 304 g/mol. The fourth-order valence-electron chi connectivity index (χ4n) is 3.59. The number of benzene rings is 1. The standard InChI is InChI=1S/C19H28N2O3/c22-19(16-23-13-14-24-18-8-2-1-3-9-18)21-12-6-7-17(21)15-20-10-4-5-11-20/h1-3,8-9,17H,4-7,10-16H2. The number of carbonyl (C=O) groups is 1. The first-order valence-electron chi connectivity index (χ1n) is 9.10. The average Bonchev–Trinajstić information content (AvgIpc) is 3.28. The predicted molar refractivity (Wildman–Crippen MR) is 93.2 cm³/mol. The molecule has 1 aromatic carbocycles. The molecule has 1 amide bonds. The van der Waals surface area contributed by atoms with Crippen LogP contribution in [0.3, 0.4) is 0 Å². The summed E-state index contributed by atoms with van der Waals surface area (Å²) in [5, 5.41) is 0. The molecule has 0 aromatic heterocycles. The van der Waals surface area contributed by atoms with E-state index in [4.69, 9.17) is 9.47 Å². The van der Waals surface area contributed by atoms with Crippen LogP contribution >= 0.6 is 0 Å². The second-order valence-corrected chi connectivity index (χ2v) is 6.60. The molecule has 132 valence electrons. The summed E-state index contributed by atoms with van der Waals surface area (Å²) in [6.07, 6.45) is 4.83. The summed E-state index contributed by atoms with van der Waals surface area (Å²) in [7, 11) is 0. The van der Waals surface area contributed by atoms with Gasteiger partial charge in [0, 0.05) is 19.1 Å². The van der Waals surface area contributed by atoms with Crippen molar-refractivity contribution in [3.63, 3.8) is 0 Å². The smallest absolute Gasteiger partial charge is 0.248 e. The van der Waals surface area contributed by atoms with Crippen LogP contribution in [0.15, 0.2) is 30.3 Å². The van der Waals surface area contributed by atoms with Crippen molar-refractivity contribution in [1.29, 1.82) is 0 Å². The third kappa shape index (κ3) is 4.95. The highest BCUT2D eigenvalue weighted by atomic mass is 16.5. The van der Waals surface area contributed by atoms with Crippen LogP contribution in [0, 0.1) is 0 Å². The number of amides is 1. The summed E-state index contributed by atoms with van der Waals surface area (Å²) >= 11 is 0. The van der Waals surface area contributed by atoms with Crippen LogP contribution in [0.5, 0.6) is 5.75 Å². The van der Waals surface area contributed by atoms with Crippen molar-refractivity contribution in [1.82, 2.24) is 9.80 Å². The van der Waals surface area contributed by atoms with Crippen molar-refractivity contribution in [3.8, 4) is 5.75 Å². The van der Waals surface area contributed by atoms with Crippen molar-refractivity contribution in [2.45, 2.75) is 31.7 Å². The maximum atomic E-state index is 12.4. The van der Waals surface area contributed by atoms with Crippen LogP contribution in [0.2, 0.25) is 0 Å². The predicted octanol–water partition coefficient (Wildman–Crippen LogP) is 2.17. The lowest BCUT2D eigenvalue weighted by Crippen LogP contribution is -2.44. The molecule has 2 saturated heterocycles. The summed E-state index contributed by atoms with van der Waals surface area (Å²) < 4.78 is 11.1. The highest BCUT2D eigenvalue weighted by Gasteiger charge is 2.30. The number of hydrogen-bond donors (Lipinski definition) is 0. The van der Waals surface area contributed by atoms with Gasteiger partial charge >= 0.3 is 0 Å². The normalized spacial score (nSPS) is 21.3. The minimum atomic E-state index is 0.122. The van der Waals surface area contributed by atoms with Crippen LogP contribution in [-0.4, -0.2) is 67.7 Å². The SMILES string of the molecule is O=C(COCCOc1ccccc1)N1CCCC1CN1CCCC1. The second kappa shape index (κ2) is 9.04. The largest absolute Gasteiger partial charge is 0.491 e. The highest BCUT2D eigenvalue weighted by Crippen LogP contribution is 2.20. The Kier molecular flexibility index (Phi) is 6.49. The zero-order valence-corrected chi connectivity index (χ0v) is 14.4. The van der Waals surface area contributed by atoms with Crippen molar-refractivity contribution in [3.05, 3.63) is 30.3 Å². The number of para-hydroxylation sites is 1. The maximum Gasteiger partial charge on any atom is 0.248 e. The lowest BCUT2D eigenvalue weighted by molar-refractivity contribution is -0.137. The first kappa shape index (κ1) is 17.2. The molecule has 3 rings (SSSR count). The van der Waals surface area contributed by atoms with Crippen molar-refractivity contribution < 1.29 is 14.3 Å². The third-order valence-corrected chi connectivity index (χ3v) is 4.83. The highest BCUT2D eigenvalue weighted by molar-refractivity contribution is 5.78. The lowest BCUT2D eigenvalue weighted by atomic mass is 10.2. The van der Waals surface area contributed by atoms with E-state index in [1.165, 1.54) is 25.9 Å². The molecule has 5 heteroatoms. The zero-order chi connectivity index (χ0) is 16.6. The molecule has 2 aliphatic rings. The van der Waals surface area contributed by atoms with Crippen LogP contribution in [0.1, 0.15) is 25.7 Å². The Morgan fingerprint density at radius 3 is 2.62 bits per heavy atom. The minimum Gasteiger partial charge on any atom is -0.491 e. The van der Waals surface area contributed by atoms with E-state index >= 15 is 0 Å². The topological polar surface area (TPSA) is 42.0 Å². The van der Waals surface area contributed by atoms with Gasteiger partial charge in [-0.25, -0.2) is 0 Å². The molecule has 0 bridgehead atoms. The van der Waals surface area contributed by atoms with E-state index in [9.17, 15) is 4.79 Å². The van der Waals surface area contributed by atoms with E-state index in [1.54, 1.807) is 0 Å². The molecule has 1 unspecified atom stereocenters. The van der Waals surface area contributed by atoms with Gasteiger partial charge in [-0.2, -0.15) is 0 Å². The van der Waals surface area contributed by atoms with E-state index in [2.05, 4.69) is 4.90 Å². The first-order chi connectivity index (χ1) is 11.8. The monoisotopic (exact) mass is 332 g/mol. The van der Waals surface area contributed by atoms with Gasteiger partial charge in [0.1, 0.15) is 19.0 Å². The molecule has 2 fully saturated rings. The second-order valence-electron chi connectivity index (χ2n) is 6.60. The third-order valence-electron chi connectivity index (χ3n) is 4.83. The van der Waals surface area contributed by atoms with Gasteiger partial charge in [0.15, 0.2) is 0 Å². The van der Waals surface area contributed by atoms with Crippen molar-refractivity contribution in [2.75, 3.05) is 46.0 Å². The zero-order valence-electron chi connectivity index (χ0n) is 14.4. The molecule has 0 radical (unpaired) electrons. The summed E-state index contributed by atoms with van der Waals surface area (Å²) in [6, 6.07) is 10.0. The van der Waals surface area contributed by atoms with Crippen LogP contribution < -0.4 is 4.74 Å². The summed E-state index contributed by atoms with van der Waals surface area (Å²) in [5.74, 6) is 0.953. The Hall–Kier alpha value is -1.59. The van der Waals surface area contributed by atoms with Crippen LogP contribution in [0.4, 0.5) is 0 Å². The van der Waals surface area contributed by atoms with E-state index in [1.807, 2.05) is 35.2 Å². The number of ether oxygens (including phenoxy) is 2. The number of nitrogens with zero attached hydrogens (tertiary/aromatic N) is 2. The van der Waals surface area contributed by atoms with Gasteiger partial charge in [0.25, 0.3) is 0 Å². The van der Waals surface area contributed by atoms with Gasteiger partial charge in [0.05, 0.1) is 6.61 Å². The van der Waals surface area contributed by atoms with Gasteiger partial charge in [-0.05, 0) is 50.9 Å². The average molecular weight is 332 g/mol. The fraction of sp³-hybridized carbons (Fsp3) is 0.632. The van der Waals surface area contributed by atoms with Crippen molar-refractivity contribution in [2.24, 2.45) is 0 Å². The first-order valence-corrected chi connectivity index (χ1v) is 9.10. The molecule has 0 saturated carbocycles. The maximum absolute atomic E-state index is 12.4. The number of likely N-dealkylation sites (tertiary alicyclic amines) is 2. The summed E-state index contributed by atoms with van der Waals surface area (Å²) in [5.41, 5.74) is 0. The molecule has 5 nitrogen and oxygen atoms in total. The van der Waals surface area contributed by atoms with Gasteiger partial charge in [-0.1, -0.05) is 18.2 Å². The molecule has 1 atom stereocenters. The Morgan fingerprint density at radius 1 is 1.04 bits per heavy atom. The van der Waals surface area contributed by atoms with E-state index in [0.29, 0.717) is 19.3 Å².